The summed E-state index contributed by atoms with van der Waals surface area (Å²) in [5, 5.41) is 2.93. The second-order valence-corrected chi connectivity index (χ2v) is 5.59. The summed E-state index contributed by atoms with van der Waals surface area (Å²) in [6.07, 6.45) is 2.50. The second-order valence-electron chi connectivity index (χ2n) is 5.59. The Morgan fingerprint density at radius 1 is 1.11 bits per heavy atom. The summed E-state index contributed by atoms with van der Waals surface area (Å²) in [7, 11) is 0. The van der Waals surface area contributed by atoms with Gasteiger partial charge in [0, 0.05) is 12.5 Å². The van der Waals surface area contributed by atoms with Gasteiger partial charge in [-0.2, -0.15) is 0 Å². The number of benzene rings is 1. The van der Waals surface area contributed by atoms with Crippen molar-refractivity contribution in [2.45, 2.75) is 53.0 Å². The second kappa shape index (κ2) is 7.20. The molecule has 0 aliphatic carbocycles. The maximum absolute atomic E-state index is 11.6. The highest BCUT2D eigenvalue weighted by atomic mass is 16.1. The fourth-order valence-electron chi connectivity index (χ4n) is 2.08. The number of hydrogen-bond donors (Lipinski definition) is 1. The molecule has 2 nitrogen and oxygen atoms in total. The van der Waals surface area contributed by atoms with Crippen LogP contribution in [-0.2, 0) is 17.6 Å². The topological polar surface area (TPSA) is 29.1 Å². The van der Waals surface area contributed by atoms with Crippen LogP contribution in [0.3, 0.4) is 0 Å². The van der Waals surface area contributed by atoms with Crippen molar-refractivity contribution in [1.29, 1.82) is 0 Å². The smallest absolute Gasteiger partial charge is 0.220 e. The molecular weight excluding hydrogens is 222 g/mol. The molecule has 0 aliphatic heterocycles. The van der Waals surface area contributed by atoms with E-state index in [1.807, 2.05) is 13.8 Å². The number of hydrogen-bond acceptors (Lipinski definition) is 1. The first-order chi connectivity index (χ1) is 8.49. The Balaban J connectivity index is 2.58. The van der Waals surface area contributed by atoms with Crippen molar-refractivity contribution in [2.24, 2.45) is 5.92 Å². The van der Waals surface area contributed by atoms with Crippen LogP contribution < -0.4 is 5.32 Å². The molecule has 0 atom stereocenters. The molecule has 0 radical (unpaired) electrons. The standard InChI is InChI=1S/C16H25NO/c1-12(2)11-15-8-6-5-7-14(15)9-10-16(18)17-13(3)4/h5-8,12-13H,9-11H2,1-4H3,(H,17,18). The van der Waals surface area contributed by atoms with Crippen LogP contribution in [0.5, 0.6) is 0 Å². The zero-order valence-corrected chi connectivity index (χ0v) is 12.0. The molecule has 1 aromatic rings. The van der Waals surface area contributed by atoms with Crippen molar-refractivity contribution in [3.8, 4) is 0 Å². The zero-order chi connectivity index (χ0) is 13.5. The summed E-state index contributed by atoms with van der Waals surface area (Å²) >= 11 is 0. The molecule has 100 valence electrons. The molecule has 1 rings (SSSR count). The number of carbonyl (C=O) groups is 1. The molecule has 0 aliphatic rings. The van der Waals surface area contributed by atoms with Gasteiger partial charge in [0.2, 0.25) is 5.91 Å². The van der Waals surface area contributed by atoms with Gasteiger partial charge in [-0.3, -0.25) is 4.79 Å². The predicted octanol–water partition coefficient (Wildman–Crippen LogP) is 3.34. The van der Waals surface area contributed by atoms with E-state index in [1.54, 1.807) is 0 Å². The third-order valence-corrected chi connectivity index (χ3v) is 2.82. The van der Waals surface area contributed by atoms with Crippen LogP contribution in [0.25, 0.3) is 0 Å². The van der Waals surface area contributed by atoms with E-state index in [1.165, 1.54) is 11.1 Å². The first-order valence-corrected chi connectivity index (χ1v) is 6.85. The lowest BCUT2D eigenvalue weighted by molar-refractivity contribution is -0.121. The lowest BCUT2D eigenvalue weighted by atomic mass is 9.95. The largest absolute Gasteiger partial charge is 0.354 e. The summed E-state index contributed by atoms with van der Waals surface area (Å²) in [5.41, 5.74) is 2.69. The van der Waals surface area contributed by atoms with Crippen molar-refractivity contribution in [3.63, 3.8) is 0 Å². The molecule has 2 heteroatoms. The molecule has 0 heterocycles. The quantitative estimate of drug-likeness (QED) is 0.820. The fourth-order valence-corrected chi connectivity index (χ4v) is 2.08. The summed E-state index contributed by atoms with van der Waals surface area (Å²) in [4.78, 5) is 11.6. The molecule has 18 heavy (non-hydrogen) atoms. The van der Waals surface area contributed by atoms with E-state index < -0.39 is 0 Å². The highest BCUT2D eigenvalue weighted by Gasteiger charge is 2.07. The molecule has 1 aromatic carbocycles. The molecule has 1 N–H and O–H groups in total. The highest BCUT2D eigenvalue weighted by Crippen LogP contribution is 2.15. The van der Waals surface area contributed by atoms with Crippen LogP contribution in [0.1, 0.15) is 45.2 Å². The van der Waals surface area contributed by atoms with Gasteiger partial charge in [-0.15, -0.1) is 0 Å². The molecule has 0 bridgehead atoms. The molecule has 0 saturated carbocycles. The lowest BCUT2D eigenvalue weighted by Crippen LogP contribution is -2.30. The minimum Gasteiger partial charge on any atom is -0.354 e. The Morgan fingerprint density at radius 3 is 2.28 bits per heavy atom. The summed E-state index contributed by atoms with van der Waals surface area (Å²) in [5.74, 6) is 0.792. The van der Waals surface area contributed by atoms with Gasteiger partial charge in [-0.05, 0) is 43.7 Å². The van der Waals surface area contributed by atoms with Gasteiger partial charge in [-0.25, -0.2) is 0 Å². The van der Waals surface area contributed by atoms with E-state index in [0.717, 1.165) is 12.8 Å². The van der Waals surface area contributed by atoms with Gasteiger partial charge < -0.3 is 5.32 Å². The van der Waals surface area contributed by atoms with Crippen molar-refractivity contribution in [3.05, 3.63) is 35.4 Å². The van der Waals surface area contributed by atoms with E-state index in [4.69, 9.17) is 0 Å². The average Bonchev–Trinajstić information content (AvgIpc) is 2.26. The molecule has 0 fully saturated rings. The van der Waals surface area contributed by atoms with E-state index in [9.17, 15) is 4.79 Å². The van der Waals surface area contributed by atoms with Crippen LogP contribution in [0.15, 0.2) is 24.3 Å². The van der Waals surface area contributed by atoms with Gasteiger partial charge >= 0.3 is 0 Å². The minimum absolute atomic E-state index is 0.143. The zero-order valence-electron chi connectivity index (χ0n) is 12.0. The Labute approximate surface area is 111 Å². The van der Waals surface area contributed by atoms with Crippen LogP contribution >= 0.6 is 0 Å². The third-order valence-electron chi connectivity index (χ3n) is 2.82. The molecular formula is C16H25NO. The Morgan fingerprint density at radius 2 is 1.72 bits per heavy atom. The lowest BCUT2D eigenvalue weighted by Gasteiger charge is -2.12. The maximum atomic E-state index is 11.6. The van der Waals surface area contributed by atoms with E-state index in [0.29, 0.717) is 12.3 Å². The van der Waals surface area contributed by atoms with Crippen LogP contribution in [-0.4, -0.2) is 11.9 Å². The van der Waals surface area contributed by atoms with Gasteiger partial charge in [0.15, 0.2) is 0 Å². The maximum Gasteiger partial charge on any atom is 0.220 e. The molecule has 0 aromatic heterocycles. The molecule has 0 unspecified atom stereocenters. The molecule has 1 amide bonds. The first kappa shape index (κ1) is 14.7. The number of aryl methyl sites for hydroxylation is 1. The number of carbonyl (C=O) groups excluding carboxylic acids is 1. The van der Waals surface area contributed by atoms with Gasteiger partial charge in [0.25, 0.3) is 0 Å². The Kier molecular flexibility index (Phi) is 5.90. The predicted molar refractivity (Wildman–Crippen MR) is 76.6 cm³/mol. The van der Waals surface area contributed by atoms with E-state index in [-0.39, 0.29) is 11.9 Å². The number of rotatable bonds is 6. The summed E-state index contributed by atoms with van der Waals surface area (Å²) in [6.45, 7) is 8.43. The first-order valence-electron chi connectivity index (χ1n) is 6.85. The minimum atomic E-state index is 0.143. The van der Waals surface area contributed by atoms with Gasteiger partial charge in [-0.1, -0.05) is 38.1 Å². The monoisotopic (exact) mass is 247 g/mol. The Hall–Kier alpha value is -1.31. The highest BCUT2D eigenvalue weighted by molar-refractivity contribution is 5.76. The SMILES string of the molecule is CC(C)Cc1ccccc1CCC(=O)NC(C)C. The molecule has 0 spiro atoms. The normalized spacial score (nSPS) is 11.0. The van der Waals surface area contributed by atoms with Crippen LogP contribution in [0, 0.1) is 5.92 Å². The summed E-state index contributed by atoms with van der Waals surface area (Å²) in [6, 6.07) is 8.67. The van der Waals surface area contributed by atoms with Crippen molar-refractivity contribution in [2.75, 3.05) is 0 Å². The third kappa shape index (κ3) is 5.35. The van der Waals surface area contributed by atoms with Crippen molar-refractivity contribution >= 4 is 5.91 Å². The van der Waals surface area contributed by atoms with Gasteiger partial charge in [0.1, 0.15) is 0 Å². The Bertz CT molecular complexity index is 382. The number of nitrogens with one attached hydrogen (secondary N) is 1. The average molecular weight is 247 g/mol. The van der Waals surface area contributed by atoms with Crippen LogP contribution in [0.4, 0.5) is 0 Å². The van der Waals surface area contributed by atoms with Crippen LogP contribution in [0.2, 0.25) is 0 Å². The number of amides is 1. The van der Waals surface area contributed by atoms with E-state index >= 15 is 0 Å². The van der Waals surface area contributed by atoms with E-state index in [2.05, 4.69) is 43.4 Å². The molecule has 0 saturated heterocycles. The summed E-state index contributed by atoms with van der Waals surface area (Å²) < 4.78 is 0. The fraction of sp³-hybridized carbons (Fsp3) is 0.562. The van der Waals surface area contributed by atoms with Crippen molar-refractivity contribution < 1.29 is 4.79 Å². The van der Waals surface area contributed by atoms with Gasteiger partial charge in [0.05, 0.1) is 0 Å². The van der Waals surface area contributed by atoms with Crippen molar-refractivity contribution in [1.82, 2.24) is 5.32 Å².